The van der Waals surface area contributed by atoms with Crippen LogP contribution in [0.25, 0.3) is 0 Å². The first kappa shape index (κ1) is 14.6. The van der Waals surface area contributed by atoms with Crippen LogP contribution in [0, 0.1) is 5.92 Å². The fourth-order valence-corrected chi connectivity index (χ4v) is 5.17. The van der Waals surface area contributed by atoms with Gasteiger partial charge in [0, 0.05) is 29.5 Å². The van der Waals surface area contributed by atoms with Crippen LogP contribution in [0.1, 0.15) is 56.5 Å². The Hall–Kier alpha value is -0.380. The van der Waals surface area contributed by atoms with E-state index in [0.29, 0.717) is 18.1 Å². The predicted molar refractivity (Wildman–Crippen MR) is 87.4 cm³/mol. The van der Waals surface area contributed by atoms with Gasteiger partial charge in [-0.1, -0.05) is 13.8 Å². The van der Waals surface area contributed by atoms with Crippen molar-refractivity contribution in [1.82, 2.24) is 10.2 Å². The third-order valence-corrected chi connectivity index (χ3v) is 6.50. The quantitative estimate of drug-likeness (QED) is 0.911. The third-order valence-electron chi connectivity index (χ3n) is 5.50. The fraction of sp³-hybridized carbons (Fsp3) is 0.765. The van der Waals surface area contributed by atoms with Gasteiger partial charge in [-0.15, -0.1) is 11.3 Å². The largest absolute Gasteiger partial charge is 0.314 e. The number of fused-ring (bicyclic) bond motifs is 1. The van der Waals surface area contributed by atoms with Gasteiger partial charge in [-0.2, -0.15) is 0 Å². The molecule has 1 saturated heterocycles. The van der Waals surface area contributed by atoms with Crippen LogP contribution in [0.2, 0.25) is 0 Å². The van der Waals surface area contributed by atoms with E-state index in [2.05, 4.69) is 42.4 Å². The average molecular weight is 292 g/mol. The second-order valence-electron chi connectivity index (χ2n) is 6.50. The van der Waals surface area contributed by atoms with Crippen molar-refractivity contribution in [2.75, 3.05) is 13.1 Å². The summed E-state index contributed by atoms with van der Waals surface area (Å²) in [5.74, 6) is 0.743. The summed E-state index contributed by atoms with van der Waals surface area (Å²) < 4.78 is 0. The molecule has 4 atom stereocenters. The lowest BCUT2D eigenvalue weighted by atomic mass is 9.83. The molecule has 0 saturated carbocycles. The van der Waals surface area contributed by atoms with E-state index in [1.165, 1.54) is 32.2 Å². The van der Waals surface area contributed by atoms with Crippen molar-refractivity contribution in [2.24, 2.45) is 5.92 Å². The van der Waals surface area contributed by atoms with Gasteiger partial charge in [0.2, 0.25) is 0 Å². The Bertz CT molecular complexity index is 442. The molecule has 1 aromatic heterocycles. The van der Waals surface area contributed by atoms with E-state index in [0.717, 1.165) is 12.5 Å². The van der Waals surface area contributed by atoms with Gasteiger partial charge in [0.05, 0.1) is 0 Å². The minimum Gasteiger partial charge on any atom is -0.314 e. The first-order chi connectivity index (χ1) is 9.72. The molecule has 20 heavy (non-hydrogen) atoms. The Morgan fingerprint density at radius 2 is 2.20 bits per heavy atom. The highest BCUT2D eigenvalue weighted by Gasteiger charge is 2.37. The van der Waals surface area contributed by atoms with Gasteiger partial charge in [-0.3, -0.25) is 4.90 Å². The van der Waals surface area contributed by atoms with Crippen LogP contribution < -0.4 is 5.32 Å². The molecule has 1 aromatic rings. The van der Waals surface area contributed by atoms with Gasteiger partial charge in [0.25, 0.3) is 0 Å². The van der Waals surface area contributed by atoms with E-state index in [-0.39, 0.29) is 0 Å². The van der Waals surface area contributed by atoms with Gasteiger partial charge < -0.3 is 5.32 Å². The Morgan fingerprint density at radius 1 is 1.35 bits per heavy atom. The summed E-state index contributed by atoms with van der Waals surface area (Å²) in [5.41, 5.74) is 1.64. The Kier molecular flexibility index (Phi) is 4.49. The molecule has 2 nitrogen and oxygen atoms in total. The normalized spacial score (nSPS) is 35.0. The number of nitrogens with zero attached hydrogens (tertiary/aromatic N) is 1. The second kappa shape index (κ2) is 6.17. The van der Waals surface area contributed by atoms with Crippen LogP contribution >= 0.6 is 11.3 Å². The van der Waals surface area contributed by atoms with Crippen LogP contribution in [0.3, 0.4) is 0 Å². The van der Waals surface area contributed by atoms with Gasteiger partial charge in [0.15, 0.2) is 0 Å². The molecule has 2 heterocycles. The van der Waals surface area contributed by atoms with Crippen molar-refractivity contribution >= 4 is 11.3 Å². The molecule has 1 N–H and O–H groups in total. The zero-order chi connectivity index (χ0) is 14.1. The standard InChI is InChI=1S/C17H28N2S/c1-4-18-15-8-10-19(13(3)12(15)2)16-6-5-7-17-14(16)9-11-20-17/h9,11-13,15-16,18H,4-8,10H2,1-3H3. The predicted octanol–water partition coefficient (Wildman–Crippen LogP) is 3.83. The third kappa shape index (κ3) is 2.56. The smallest absolute Gasteiger partial charge is 0.0362 e. The second-order valence-corrected chi connectivity index (χ2v) is 7.50. The molecule has 112 valence electrons. The SMILES string of the molecule is CCNC1CCN(C2CCCc3sccc32)C(C)C1C. The van der Waals surface area contributed by atoms with Crippen molar-refractivity contribution in [3.63, 3.8) is 0 Å². The maximum Gasteiger partial charge on any atom is 0.0362 e. The lowest BCUT2D eigenvalue weighted by molar-refractivity contribution is 0.0400. The highest BCUT2D eigenvalue weighted by Crippen LogP contribution is 2.40. The summed E-state index contributed by atoms with van der Waals surface area (Å²) in [6.45, 7) is 9.45. The number of piperidine rings is 1. The molecule has 3 rings (SSSR count). The Balaban J connectivity index is 1.76. The van der Waals surface area contributed by atoms with Crippen molar-refractivity contribution < 1.29 is 0 Å². The molecule has 1 aliphatic heterocycles. The molecule has 1 aliphatic carbocycles. The van der Waals surface area contributed by atoms with Crippen LogP contribution in [0.5, 0.6) is 0 Å². The number of thiophene rings is 1. The highest BCUT2D eigenvalue weighted by atomic mass is 32.1. The molecular formula is C17H28N2S. The molecule has 0 amide bonds. The highest BCUT2D eigenvalue weighted by molar-refractivity contribution is 7.10. The molecule has 2 aliphatic rings. The number of likely N-dealkylation sites (tertiary alicyclic amines) is 1. The van der Waals surface area contributed by atoms with Crippen LogP contribution in [0.4, 0.5) is 0 Å². The van der Waals surface area contributed by atoms with Crippen LogP contribution in [0.15, 0.2) is 11.4 Å². The van der Waals surface area contributed by atoms with Crippen LogP contribution in [-0.4, -0.2) is 30.1 Å². The van der Waals surface area contributed by atoms with E-state index in [4.69, 9.17) is 0 Å². The lowest BCUT2D eigenvalue weighted by Gasteiger charge is -2.47. The minimum atomic E-state index is 0.684. The summed E-state index contributed by atoms with van der Waals surface area (Å²) in [7, 11) is 0. The summed E-state index contributed by atoms with van der Waals surface area (Å²) in [5, 5.41) is 5.97. The maximum atomic E-state index is 3.68. The molecular weight excluding hydrogens is 264 g/mol. The Labute approximate surface area is 127 Å². The number of hydrogen-bond donors (Lipinski definition) is 1. The van der Waals surface area contributed by atoms with Crippen molar-refractivity contribution in [1.29, 1.82) is 0 Å². The average Bonchev–Trinajstić information content (AvgIpc) is 2.93. The van der Waals surface area contributed by atoms with Gasteiger partial charge in [-0.05, 0) is 62.1 Å². The first-order valence-corrected chi connectivity index (χ1v) is 9.15. The molecule has 0 aromatic carbocycles. The molecule has 0 spiro atoms. The van der Waals surface area contributed by atoms with Crippen molar-refractivity contribution in [3.8, 4) is 0 Å². The number of hydrogen-bond acceptors (Lipinski definition) is 3. The van der Waals surface area contributed by atoms with Crippen molar-refractivity contribution in [2.45, 2.75) is 64.6 Å². The first-order valence-electron chi connectivity index (χ1n) is 8.27. The van der Waals surface area contributed by atoms with E-state index in [1.807, 2.05) is 11.3 Å². The topological polar surface area (TPSA) is 15.3 Å². The van der Waals surface area contributed by atoms with Gasteiger partial charge in [-0.25, -0.2) is 0 Å². The minimum absolute atomic E-state index is 0.684. The molecule has 3 heteroatoms. The summed E-state index contributed by atoms with van der Waals surface area (Å²) in [6, 6.07) is 4.46. The van der Waals surface area contributed by atoms with E-state index in [9.17, 15) is 0 Å². The molecule has 0 bridgehead atoms. The monoisotopic (exact) mass is 292 g/mol. The fourth-order valence-electron chi connectivity index (χ4n) is 4.19. The van der Waals surface area contributed by atoms with Gasteiger partial charge in [0.1, 0.15) is 0 Å². The molecule has 4 unspecified atom stereocenters. The maximum absolute atomic E-state index is 3.68. The zero-order valence-electron chi connectivity index (χ0n) is 13.1. The zero-order valence-corrected chi connectivity index (χ0v) is 13.9. The number of rotatable bonds is 3. The molecule has 1 fully saturated rings. The lowest BCUT2D eigenvalue weighted by Crippen LogP contribution is -2.54. The summed E-state index contributed by atoms with van der Waals surface area (Å²) >= 11 is 1.96. The number of aryl methyl sites for hydroxylation is 1. The summed E-state index contributed by atoms with van der Waals surface area (Å²) in [4.78, 5) is 4.44. The van der Waals surface area contributed by atoms with Crippen LogP contribution in [-0.2, 0) is 6.42 Å². The van der Waals surface area contributed by atoms with E-state index < -0.39 is 0 Å². The van der Waals surface area contributed by atoms with E-state index in [1.54, 1.807) is 10.4 Å². The van der Waals surface area contributed by atoms with Crippen molar-refractivity contribution in [3.05, 3.63) is 21.9 Å². The number of nitrogens with one attached hydrogen (secondary N) is 1. The summed E-state index contributed by atoms with van der Waals surface area (Å²) in [6.07, 6.45) is 5.33. The Morgan fingerprint density at radius 3 is 3.00 bits per heavy atom. The van der Waals surface area contributed by atoms with E-state index >= 15 is 0 Å². The molecule has 0 radical (unpaired) electrons. The van der Waals surface area contributed by atoms with Gasteiger partial charge >= 0.3 is 0 Å².